The molecule has 0 unspecified atom stereocenters. The lowest BCUT2D eigenvalue weighted by molar-refractivity contribution is 0.122. The summed E-state index contributed by atoms with van der Waals surface area (Å²) in [6, 6.07) is 17.5. The third kappa shape index (κ3) is 6.47. The predicted octanol–water partition coefficient (Wildman–Crippen LogP) is 5.36. The minimum atomic E-state index is -2.75. The van der Waals surface area contributed by atoms with E-state index >= 15 is 0 Å². The standard InChI is InChI=1S/C31H37F2N7O2/c1-41-24-6-4-5-22(17-24)20-34-23-11-9-21(10-12-23)19-35-31-37-27(39-13-15-42-16-14-39)18-28(38-31)40-26-8-3-2-7-25(26)36-30(40)29(32)33/h2-8,17-18,21,23,29,34H,9-16,19-20H2,1H3,(H,35,37,38)/t21-,23-. The normalized spacial score (nSPS) is 19.4. The highest BCUT2D eigenvalue weighted by Crippen LogP contribution is 2.30. The summed E-state index contributed by atoms with van der Waals surface area (Å²) in [7, 11) is 1.69. The summed E-state index contributed by atoms with van der Waals surface area (Å²) < 4.78 is 40.6. The average molecular weight is 578 g/mol. The van der Waals surface area contributed by atoms with Gasteiger partial charge in [-0.25, -0.2) is 13.8 Å². The van der Waals surface area contributed by atoms with E-state index in [9.17, 15) is 8.78 Å². The number of nitrogens with zero attached hydrogens (tertiary/aromatic N) is 5. The number of morpholine rings is 1. The molecule has 0 spiro atoms. The van der Waals surface area contributed by atoms with Crippen molar-refractivity contribution in [2.24, 2.45) is 5.92 Å². The fourth-order valence-corrected chi connectivity index (χ4v) is 5.85. The van der Waals surface area contributed by atoms with Crippen molar-refractivity contribution in [3.8, 4) is 11.6 Å². The third-order valence-corrected chi connectivity index (χ3v) is 8.17. The first kappa shape index (κ1) is 28.3. The number of anilines is 2. The zero-order valence-corrected chi connectivity index (χ0v) is 23.8. The van der Waals surface area contributed by atoms with Gasteiger partial charge in [0.15, 0.2) is 5.82 Å². The van der Waals surface area contributed by atoms with Crippen LogP contribution in [0.4, 0.5) is 20.5 Å². The molecule has 3 heterocycles. The maximum absolute atomic E-state index is 14.1. The lowest BCUT2D eigenvalue weighted by Crippen LogP contribution is -2.37. The summed E-state index contributed by atoms with van der Waals surface area (Å²) in [6.45, 7) is 4.07. The number of imidazole rings is 1. The molecule has 1 saturated carbocycles. The molecule has 42 heavy (non-hydrogen) atoms. The molecule has 2 fully saturated rings. The van der Waals surface area contributed by atoms with Crippen molar-refractivity contribution in [3.05, 3.63) is 66.0 Å². The zero-order valence-electron chi connectivity index (χ0n) is 23.8. The van der Waals surface area contributed by atoms with Crippen LogP contribution in [0.5, 0.6) is 5.75 Å². The van der Waals surface area contributed by atoms with Crippen LogP contribution in [-0.4, -0.2) is 65.5 Å². The summed E-state index contributed by atoms with van der Waals surface area (Å²) in [5, 5.41) is 7.14. The van der Waals surface area contributed by atoms with Crippen LogP contribution in [0.2, 0.25) is 0 Å². The molecule has 6 rings (SSSR count). The van der Waals surface area contributed by atoms with E-state index < -0.39 is 6.43 Å². The van der Waals surface area contributed by atoms with E-state index in [0.29, 0.717) is 66.9 Å². The zero-order chi connectivity index (χ0) is 28.9. The molecule has 0 radical (unpaired) electrons. The van der Waals surface area contributed by atoms with E-state index in [4.69, 9.17) is 19.4 Å². The first-order chi connectivity index (χ1) is 20.6. The van der Waals surface area contributed by atoms with Crippen molar-refractivity contribution < 1.29 is 18.3 Å². The lowest BCUT2D eigenvalue weighted by Gasteiger charge is -2.30. The Morgan fingerprint density at radius 1 is 0.952 bits per heavy atom. The summed E-state index contributed by atoms with van der Waals surface area (Å²) in [5.41, 5.74) is 2.31. The molecule has 222 valence electrons. The first-order valence-corrected chi connectivity index (χ1v) is 14.7. The monoisotopic (exact) mass is 577 g/mol. The van der Waals surface area contributed by atoms with Crippen molar-refractivity contribution in [3.63, 3.8) is 0 Å². The van der Waals surface area contributed by atoms with Crippen molar-refractivity contribution >= 4 is 22.8 Å². The maximum atomic E-state index is 14.1. The van der Waals surface area contributed by atoms with Crippen molar-refractivity contribution in [2.75, 3.05) is 50.2 Å². The highest BCUT2D eigenvalue weighted by molar-refractivity contribution is 5.78. The third-order valence-electron chi connectivity index (χ3n) is 8.17. The van der Waals surface area contributed by atoms with E-state index in [1.807, 2.05) is 18.2 Å². The molecule has 1 aliphatic carbocycles. The lowest BCUT2D eigenvalue weighted by atomic mass is 9.86. The molecule has 2 N–H and O–H groups in total. The Kier molecular flexibility index (Phi) is 8.76. The van der Waals surface area contributed by atoms with Crippen molar-refractivity contribution in [1.29, 1.82) is 0 Å². The first-order valence-electron chi connectivity index (χ1n) is 14.7. The van der Waals surface area contributed by atoms with Crippen LogP contribution in [-0.2, 0) is 11.3 Å². The van der Waals surface area contributed by atoms with Gasteiger partial charge in [-0.2, -0.15) is 9.97 Å². The largest absolute Gasteiger partial charge is 0.497 e. The summed E-state index contributed by atoms with van der Waals surface area (Å²) in [4.78, 5) is 15.9. The molecule has 11 heteroatoms. The Bertz CT molecular complexity index is 1480. The van der Waals surface area contributed by atoms with E-state index in [1.165, 1.54) is 10.1 Å². The highest BCUT2D eigenvalue weighted by atomic mass is 19.3. The van der Waals surface area contributed by atoms with Gasteiger partial charge in [0.2, 0.25) is 5.95 Å². The van der Waals surface area contributed by atoms with Gasteiger partial charge < -0.3 is 25.0 Å². The van der Waals surface area contributed by atoms with Crippen LogP contribution in [0, 0.1) is 5.92 Å². The van der Waals surface area contributed by atoms with Gasteiger partial charge >= 0.3 is 0 Å². The van der Waals surface area contributed by atoms with Crippen molar-refractivity contribution in [2.45, 2.75) is 44.7 Å². The second-order valence-corrected chi connectivity index (χ2v) is 10.9. The number of methoxy groups -OCH3 is 1. The van der Waals surface area contributed by atoms with E-state index in [2.05, 4.69) is 32.7 Å². The summed E-state index contributed by atoms with van der Waals surface area (Å²) in [6.07, 6.45) is 1.61. The van der Waals surface area contributed by atoms with Gasteiger partial charge in [0.1, 0.15) is 17.4 Å². The topological polar surface area (TPSA) is 89.4 Å². The molecular weight excluding hydrogens is 540 g/mol. The highest BCUT2D eigenvalue weighted by Gasteiger charge is 2.24. The van der Waals surface area contributed by atoms with Crippen LogP contribution in [0.25, 0.3) is 16.9 Å². The van der Waals surface area contributed by atoms with Gasteiger partial charge in [-0.15, -0.1) is 0 Å². The van der Waals surface area contributed by atoms with Gasteiger partial charge in [-0.1, -0.05) is 24.3 Å². The number of hydrogen-bond donors (Lipinski definition) is 2. The molecule has 1 saturated heterocycles. The molecule has 2 aromatic carbocycles. The number of aromatic nitrogens is 4. The molecule has 0 bridgehead atoms. The molecule has 2 aliphatic rings. The number of ether oxygens (including phenoxy) is 2. The summed E-state index contributed by atoms with van der Waals surface area (Å²) in [5.74, 6) is 2.53. The fraction of sp³-hybridized carbons (Fsp3) is 0.452. The molecule has 1 aliphatic heterocycles. The Morgan fingerprint density at radius 2 is 1.74 bits per heavy atom. The van der Waals surface area contributed by atoms with Crippen LogP contribution in [0.3, 0.4) is 0 Å². The Morgan fingerprint density at radius 3 is 2.52 bits per heavy atom. The Hall–Kier alpha value is -3.83. The summed E-state index contributed by atoms with van der Waals surface area (Å²) >= 11 is 0. The Labute approximate surface area is 244 Å². The second kappa shape index (κ2) is 13.0. The van der Waals surface area contributed by atoms with E-state index in [1.54, 1.807) is 31.4 Å². The molecule has 0 atom stereocenters. The number of benzene rings is 2. The van der Waals surface area contributed by atoms with E-state index in [0.717, 1.165) is 44.5 Å². The minimum absolute atomic E-state index is 0.325. The average Bonchev–Trinajstić information content (AvgIpc) is 3.44. The number of nitrogens with one attached hydrogen (secondary N) is 2. The van der Waals surface area contributed by atoms with Crippen LogP contribution in [0.15, 0.2) is 54.6 Å². The van der Waals surface area contributed by atoms with Crippen LogP contribution < -0.4 is 20.3 Å². The van der Waals surface area contributed by atoms with Gasteiger partial charge in [0.25, 0.3) is 6.43 Å². The Balaban J connectivity index is 1.15. The number of alkyl halides is 2. The fourth-order valence-electron chi connectivity index (χ4n) is 5.85. The number of halogens is 2. The van der Waals surface area contributed by atoms with Gasteiger partial charge in [-0.05, 0) is 61.4 Å². The second-order valence-electron chi connectivity index (χ2n) is 10.9. The predicted molar refractivity (Wildman–Crippen MR) is 159 cm³/mol. The number of fused-ring (bicyclic) bond motifs is 1. The van der Waals surface area contributed by atoms with Gasteiger partial charge in [-0.3, -0.25) is 4.57 Å². The van der Waals surface area contributed by atoms with E-state index in [-0.39, 0.29) is 5.82 Å². The molecule has 2 aromatic heterocycles. The molecule has 4 aromatic rings. The van der Waals surface area contributed by atoms with Gasteiger partial charge in [0.05, 0.1) is 31.4 Å². The molecular formula is C31H37F2N7O2. The maximum Gasteiger partial charge on any atom is 0.296 e. The van der Waals surface area contributed by atoms with Crippen LogP contribution >= 0.6 is 0 Å². The van der Waals surface area contributed by atoms with Crippen molar-refractivity contribution in [1.82, 2.24) is 24.8 Å². The molecule has 0 amide bonds. The number of hydrogen-bond acceptors (Lipinski definition) is 8. The smallest absolute Gasteiger partial charge is 0.296 e. The number of rotatable bonds is 10. The number of para-hydroxylation sites is 2. The molecule has 9 nitrogen and oxygen atoms in total. The van der Waals surface area contributed by atoms with Crippen LogP contribution in [0.1, 0.15) is 43.5 Å². The minimum Gasteiger partial charge on any atom is -0.497 e. The quantitative estimate of drug-likeness (QED) is 0.261. The SMILES string of the molecule is COc1cccc(CN[C@H]2CC[C@H](CNc3nc(N4CCOCC4)cc(-n4c(C(F)F)nc5ccccc54)n3)CC2)c1. The van der Waals surface area contributed by atoms with Gasteiger partial charge in [0, 0.05) is 38.3 Å².